The number of carbonyl (C=O) groups excluding carboxylic acids is 1. The van der Waals surface area contributed by atoms with Crippen LogP contribution in [-0.4, -0.2) is 10.8 Å². The van der Waals surface area contributed by atoms with Crippen LogP contribution in [0.4, 0.5) is 0 Å². The van der Waals surface area contributed by atoms with E-state index >= 15 is 0 Å². The van der Waals surface area contributed by atoms with Crippen LogP contribution in [0.3, 0.4) is 0 Å². The van der Waals surface area contributed by atoms with Gasteiger partial charge in [0.05, 0.1) is 5.01 Å². The zero-order valence-corrected chi connectivity index (χ0v) is 11.7. The molecule has 1 heterocycles. The Labute approximate surface area is 107 Å². The van der Waals surface area contributed by atoms with Crippen LogP contribution in [0.25, 0.3) is 0 Å². The van der Waals surface area contributed by atoms with Gasteiger partial charge in [-0.2, -0.15) is 0 Å². The van der Waals surface area contributed by atoms with Crippen LogP contribution in [0.5, 0.6) is 0 Å². The molecule has 94 valence electrons. The first-order chi connectivity index (χ1) is 7.97. The van der Waals surface area contributed by atoms with Crippen LogP contribution >= 0.6 is 11.3 Å². The molecule has 2 atom stereocenters. The number of nitrogens with zero attached hydrogens (tertiary/aromatic N) is 1. The molecule has 2 nitrogen and oxygen atoms in total. The van der Waals surface area contributed by atoms with Crippen LogP contribution in [0.15, 0.2) is 11.6 Å². The number of carbonyl (C=O) groups is 1. The van der Waals surface area contributed by atoms with Gasteiger partial charge in [0.1, 0.15) is 5.78 Å². The van der Waals surface area contributed by atoms with Gasteiger partial charge in [-0.1, -0.05) is 20.8 Å². The third kappa shape index (κ3) is 3.15. The summed E-state index contributed by atoms with van der Waals surface area (Å²) >= 11 is 1.66. The molecule has 0 spiro atoms. The average Bonchev–Trinajstić information content (AvgIpc) is 2.72. The van der Waals surface area contributed by atoms with Gasteiger partial charge in [-0.3, -0.25) is 4.79 Å². The Hall–Kier alpha value is -0.700. The number of Topliss-reactive ketones (excluding diaryl/α,β-unsaturated/α-hetero) is 1. The molecule has 3 heteroatoms. The second-order valence-corrected chi connectivity index (χ2v) is 7.11. The van der Waals surface area contributed by atoms with Crippen molar-refractivity contribution in [2.45, 2.75) is 46.5 Å². The predicted octanol–water partition coefficient (Wildman–Crippen LogP) is 3.72. The molecule has 1 aromatic heterocycles. The summed E-state index contributed by atoms with van der Waals surface area (Å²) in [5.41, 5.74) is 0.321. The van der Waals surface area contributed by atoms with Gasteiger partial charge in [-0.25, -0.2) is 4.98 Å². The number of ketones is 1. The highest BCUT2D eigenvalue weighted by molar-refractivity contribution is 7.09. The van der Waals surface area contributed by atoms with Crippen LogP contribution < -0.4 is 0 Å². The zero-order chi connectivity index (χ0) is 12.5. The van der Waals surface area contributed by atoms with Gasteiger partial charge in [0.15, 0.2) is 0 Å². The Bertz CT molecular complexity index is 377. The predicted molar refractivity (Wildman–Crippen MR) is 71.1 cm³/mol. The molecule has 17 heavy (non-hydrogen) atoms. The minimum absolute atomic E-state index is 0.208. The normalized spacial score (nSPS) is 26.2. The van der Waals surface area contributed by atoms with E-state index in [1.807, 2.05) is 11.6 Å². The van der Waals surface area contributed by atoms with Gasteiger partial charge in [0.2, 0.25) is 0 Å². The monoisotopic (exact) mass is 251 g/mol. The van der Waals surface area contributed by atoms with E-state index in [1.165, 1.54) is 0 Å². The number of hydrogen-bond donors (Lipinski definition) is 0. The highest BCUT2D eigenvalue weighted by Crippen LogP contribution is 2.39. The fourth-order valence-electron chi connectivity index (χ4n) is 2.66. The van der Waals surface area contributed by atoms with Crippen LogP contribution in [0, 0.1) is 17.3 Å². The lowest BCUT2D eigenvalue weighted by Gasteiger charge is -2.36. The van der Waals surface area contributed by atoms with Gasteiger partial charge >= 0.3 is 0 Å². The maximum atomic E-state index is 12.0. The molecule has 1 aliphatic rings. The zero-order valence-electron chi connectivity index (χ0n) is 10.9. The minimum Gasteiger partial charge on any atom is -0.299 e. The Morgan fingerprint density at radius 3 is 2.82 bits per heavy atom. The SMILES string of the molecule is CC(C)(C)C1CCC(=O)C(Cc2nccs2)C1. The van der Waals surface area contributed by atoms with E-state index in [4.69, 9.17) is 0 Å². The van der Waals surface area contributed by atoms with Crippen molar-refractivity contribution < 1.29 is 4.79 Å². The lowest BCUT2D eigenvalue weighted by atomic mass is 9.68. The Kier molecular flexibility index (Phi) is 3.67. The molecule has 2 unspecified atom stereocenters. The third-order valence-electron chi connectivity index (χ3n) is 3.89. The number of rotatable bonds is 2. The van der Waals surface area contributed by atoms with Gasteiger partial charge < -0.3 is 0 Å². The third-order valence-corrected chi connectivity index (χ3v) is 4.69. The topological polar surface area (TPSA) is 30.0 Å². The van der Waals surface area contributed by atoms with Gasteiger partial charge in [-0.15, -0.1) is 11.3 Å². The van der Waals surface area contributed by atoms with E-state index in [-0.39, 0.29) is 5.92 Å². The molecular weight excluding hydrogens is 230 g/mol. The molecule has 0 aliphatic heterocycles. The van der Waals surface area contributed by atoms with E-state index in [2.05, 4.69) is 25.8 Å². The van der Waals surface area contributed by atoms with Crippen molar-refractivity contribution in [1.29, 1.82) is 0 Å². The van der Waals surface area contributed by atoms with Crippen molar-refractivity contribution in [3.63, 3.8) is 0 Å². The number of hydrogen-bond acceptors (Lipinski definition) is 3. The fourth-order valence-corrected chi connectivity index (χ4v) is 3.36. The first-order valence-corrected chi connectivity index (χ1v) is 7.26. The maximum Gasteiger partial charge on any atom is 0.136 e. The molecule has 1 aromatic rings. The highest BCUT2D eigenvalue weighted by atomic mass is 32.1. The van der Waals surface area contributed by atoms with Gasteiger partial charge in [0, 0.05) is 30.3 Å². The summed E-state index contributed by atoms with van der Waals surface area (Å²) in [7, 11) is 0. The molecular formula is C14H21NOS. The molecule has 1 saturated carbocycles. The van der Waals surface area contributed by atoms with Crippen molar-refractivity contribution in [3.05, 3.63) is 16.6 Å². The molecule has 0 aromatic carbocycles. The highest BCUT2D eigenvalue weighted by Gasteiger charge is 2.35. The average molecular weight is 251 g/mol. The lowest BCUT2D eigenvalue weighted by Crippen LogP contribution is -2.33. The van der Waals surface area contributed by atoms with Gasteiger partial charge in [-0.05, 0) is 24.2 Å². The lowest BCUT2D eigenvalue weighted by molar-refractivity contribution is -0.126. The first kappa shape index (κ1) is 12.7. The second-order valence-electron chi connectivity index (χ2n) is 6.13. The summed E-state index contributed by atoms with van der Waals surface area (Å²) in [5, 5.41) is 3.10. The molecule has 1 aliphatic carbocycles. The van der Waals surface area contributed by atoms with Crippen LogP contribution in [0.2, 0.25) is 0 Å². The first-order valence-electron chi connectivity index (χ1n) is 6.38. The molecule has 1 fully saturated rings. The van der Waals surface area contributed by atoms with Crippen molar-refractivity contribution in [3.8, 4) is 0 Å². The summed E-state index contributed by atoms with van der Waals surface area (Å²) in [6.45, 7) is 6.86. The molecule has 0 radical (unpaired) electrons. The molecule has 0 N–H and O–H groups in total. The Morgan fingerprint density at radius 2 is 2.24 bits per heavy atom. The summed E-state index contributed by atoms with van der Waals surface area (Å²) < 4.78 is 0. The Morgan fingerprint density at radius 1 is 1.47 bits per heavy atom. The smallest absolute Gasteiger partial charge is 0.136 e. The minimum atomic E-state index is 0.208. The molecule has 0 amide bonds. The largest absolute Gasteiger partial charge is 0.299 e. The van der Waals surface area contributed by atoms with Crippen molar-refractivity contribution in [2.75, 3.05) is 0 Å². The standard InChI is InChI=1S/C14H21NOS/c1-14(2,3)11-4-5-12(16)10(8-11)9-13-15-6-7-17-13/h6-7,10-11H,4-5,8-9H2,1-3H3. The molecule has 0 saturated heterocycles. The summed E-state index contributed by atoms with van der Waals surface area (Å²) in [5.74, 6) is 1.32. The van der Waals surface area contributed by atoms with Crippen LogP contribution in [0.1, 0.15) is 45.0 Å². The van der Waals surface area contributed by atoms with Crippen molar-refractivity contribution in [1.82, 2.24) is 4.98 Å². The van der Waals surface area contributed by atoms with Crippen molar-refractivity contribution in [2.24, 2.45) is 17.3 Å². The molecule has 0 bridgehead atoms. The second kappa shape index (κ2) is 4.89. The van der Waals surface area contributed by atoms with E-state index in [0.717, 1.165) is 30.7 Å². The van der Waals surface area contributed by atoms with Crippen molar-refractivity contribution >= 4 is 17.1 Å². The van der Waals surface area contributed by atoms with E-state index < -0.39 is 0 Å². The van der Waals surface area contributed by atoms with Gasteiger partial charge in [0.25, 0.3) is 0 Å². The number of aromatic nitrogens is 1. The van der Waals surface area contributed by atoms with E-state index in [0.29, 0.717) is 17.1 Å². The van der Waals surface area contributed by atoms with Crippen LogP contribution in [-0.2, 0) is 11.2 Å². The quantitative estimate of drug-likeness (QED) is 0.802. The fraction of sp³-hybridized carbons (Fsp3) is 0.714. The number of thiazole rings is 1. The molecule has 2 rings (SSSR count). The maximum absolute atomic E-state index is 12.0. The Balaban J connectivity index is 2.03. The summed E-state index contributed by atoms with van der Waals surface area (Å²) in [4.78, 5) is 16.3. The summed E-state index contributed by atoms with van der Waals surface area (Å²) in [6, 6.07) is 0. The van der Waals surface area contributed by atoms with E-state index in [9.17, 15) is 4.79 Å². The summed E-state index contributed by atoms with van der Waals surface area (Å²) in [6.07, 6.45) is 5.55. The van der Waals surface area contributed by atoms with E-state index in [1.54, 1.807) is 11.3 Å².